The van der Waals surface area contributed by atoms with Crippen LogP contribution in [0.2, 0.25) is 0 Å². The number of hydrogen-bond acceptors (Lipinski definition) is 2. The van der Waals surface area contributed by atoms with Gasteiger partial charge in [-0.05, 0) is 106 Å². The second kappa shape index (κ2) is 12.6. The van der Waals surface area contributed by atoms with Crippen molar-refractivity contribution < 1.29 is 4.42 Å². The van der Waals surface area contributed by atoms with Crippen molar-refractivity contribution in [2.24, 2.45) is 0 Å². The van der Waals surface area contributed by atoms with Crippen LogP contribution in [0.5, 0.6) is 0 Å². The van der Waals surface area contributed by atoms with Gasteiger partial charge < -0.3 is 13.9 Å². The average Bonchev–Trinajstić information content (AvgIpc) is 3.81. The minimum absolute atomic E-state index is 0.905. The predicted octanol–water partition coefficient (Wildman–Crippen LogP) is 14.6. The first-order valence-corrected chi connectivity index (χ1v) is 18.8. The van der Waals surface area contributed by atoms with E-state index in [1.54, 1.807) is 0 Å². The number of nitrogens with zero attached hydrogens (tertiary/aromatic N) is 2. The van der Waals surface area contributed by atoms with Gasteiger partial charge in [0.1, 0.15) is 11.2 Å². The van der Waals surface area contributed by atoms with Crippen LogP contribution in [-0.4, -0.2) is 4.57 Å². The number of benzene rings is 9. The summed E-state index contributed by atoms with van der Waals surface area (Å²) in [6.45, 7) is 0. The Morgan fingerprint density at radius 3 is 1.58 bits per heavy atom. The molecule has 3 heteroatoms. The highest BCUT2D eigenvalue weighted by atomic mass is 16.3. The Hall–Kier alpha value is -7.36. The van der Waals surface area contributed by atoms with E-state index in [9.17, 15) is 0 Å². The summed E-state index contributed by atoms with van der Waals surface area (Å²) in [5.41, 5.74) is 13.4. The van der Waals surface area contributed by atoms with Gasteiger partial charge in [-0.2, -0.15) is 0 Å². The Labute approximate surface area is 318 Å². The molecule has 0 N–H and O–H groups in total. The molecule has 0 bridgehead atoms. The summed E-state index contributed by atoms with van der Waals surface area (Å²) in [6.07, 6.45) is 0. The zero-order chi connectivity index (χ0) is 36.3. The van der Waals surface area contributed by atoms with Gasteiger partial charge in [-0.3, -0.25) is 0 Å². The second-order valence-electron chi connectivity index (χ2n) is 14.2. The van der Waals surface area contributed by atoms with E-state index >= 15 is 0 Å². The highest BCUT2D eigenvalue weighted by Crippen LogP contribution is 2.41. The van der Waals surface area contributed by atoms with Gasteiger partial charge in [0, 0.05) is 44.3 Å². The quantitative estimate of drug-likeness (QED) is 0.172. The normalized spacial score (nSPS) is 11.6. The highest BCUT2D eigenvalue weighted by Gasteiger charge is 2.17. The van der Waals surface area contributed by atoms with Crippen LogP contribution in [-0.2, 0) is 0 Å². The zero-order valence-electron chi connectivity index (χ0n) is 29.9. The van der Waals surface area contributed by atoms with Crippen molar-refractivity contribution in [2.75, 3.05) is 4.90 Å². The van der Waals surface area contributed by atoms with Crippen molar-refractivity contribution in [3.05, 3.63) is 206 Å². The maximum atomic E-state index is 6.21. The van der Waals surface area contributed by atoms with E-state index in [4.69, 9.17) is 4.42 Å². The number of hydrogen-bond donors (Lipinski definition) is 0. The van der Waals surface area contributed by atoms with Crippen LogP contribution in [0.1, 0.15) is 0 Å². The molecule has 0 fully saturated rings. The molecule has 3 nitrogen and oxygen atoms in total. The molecule has 0 spiro atoms. The summed E-state index contributed by atoms with van der Waals surface area (Å²) in [7, 11) is 0. The molecule has 55 heavy (non-hydrogen) atoms. The Kier molecular flexibility index (Phi) is 7.17. The summed E-state index contributed by atoms with van der Waals surface area (Å²) in [4.78, 5) is 2.35. The van der Waals surface area contributed by atoms with Crippen LogP contribution in [0, 0.1) is 0 Å². The lowest BCUT2D eigenvalue weighted by molar-refractivity contribution is 0.669. The third-order valence-electron chi connectivity index (χ3n) is 11.0. The monoisotopic (exact) mass is 702 g/mol. The van der Waals surface area contributed by atoms with Gasteiger partial charge >= 0.3 is 0 Å². The molecule has 2 heterocycles. The molecule has 258 valence electrons. The maximum Gasteiger partial charge on any atom is 0.136 e. The van der Waals surface area contributed by atoms with Gasteiger partial charge in [0.25, 0.3) is 0 Å². The lowest BCUT2D eigenvalue weighted by atomic mass is 9.99. The third kappa shape index (κ3) is 5.20. The molecule has 9 aromatic carbocycles. The first kappa shape index (κ1) is 31.2. The van der Waals surface area contributed by atoms with E-state index in [2.05, 4.69) is 204 Å². The second-order valence-corrected chi connectivity index (χ2v) is 14.2. The summed E-state index contributed by atoms with van der Waals surface area (Å²) in [5, 5.41) is 7.26. The van der Waals surface area contributed by atoms with Gasteiger partial charge in [-0.25, -0.2) is 0 Å². The molecule has 0 atom stereocenters. The Morgan fingerprint density at radius 2 is 0.891 bits per heavy atom. The SMILES string of the molecule is c1ccc2cc(N(c3ccc(-c4ccc(-n5c6ccccc6c6ccccc65)cc4)cc3)c3ccc(-c4cccc5oc6ccccc6c45)cc3)ccc2c1. The highest BCUT2D eigenvalue weighted by molar-refractivity contribution is 6.12. The van der Waals surface area contributed by atoms with Gasteiger partial charge in [-0.1, -0.05) is 133 Å². The summed E-state index contributed by atoms with van der Waals surface area (Å²) in [6, 6.07) is 74.0. The molecular formula is C52H34N2O. The van der Waals surface area contributed by atoms with Gasteiger partial charge in [-0.15, -0.1) is 0 Å². The Morgan fingerprint density at radius 1 is 0.364 bits per heavy atom. The van der Waals surface area contributed by atoms with Crippen molar-refractivity contribution in [3.63, 3.8) is 0 Å². The zero-order valence-corrected chi connectivity index (χ0v) is 29.9. The number of fused-ring (bicyclic) bond motifs is 7. The van der Waals surface area contributed by atoms with Crippen molar-refractivity contribution in [1.82, 2.24) is 4.57 Å². The van der Waals surface area contributed by atoms with Gasteiger partial charge in [0.05, 0.1) is 11.0 Å². The molecule has 2 aromatic heterocycles. The van der Waals surface area contributed by atoms with E-state index in [0.717, 1.165) is 50.3 Å². The number of furan rings is 1. The van der Waals surface area contributed by atoms with Crippen molar-refractivity contribution in [2.45, 2.75) is 0 Å². The van der Waals surface area contributed by atoms with Crippen molar-refractivity contribution in [1.29, 1.82) is 0 Å². The number of anilines is 3. The summed E-state index contributed by atoms with van der Waals surface area (Å²) < 4.78 is 8.58. The molecule has 0 radical (unpaired) electrons. The van der Waals surface area contributed by atoms with Crippen LogP contribution in [0.4, 0.5) is 17.1 Å². The van der Waals surface area contributed by atoms with E-state index in [1.165, 1.54) is 49.3 Å². The number of para-hydroxylation sites is 3. The number of aromatic nitrogens is 1. The number of rotatable bonds is 6. The Balaban J connectivity index is 0.963. The summed E-state index contributed by atoms with van der Waals surface area (Å²) in [5.74, 6) is 0. The molecule has 0 saturated heterocycles. The predicted molar refractivity (Wildman–Crippen MR) is 231 cm³/mol. The minimum atomic E-state index is 0.905. The fourth-order valence-corrected chi connectivity index (χ4v) is 8.37. The molecule has 0 unspecified atom stereocenters. The molecule has 0 aliphatic heterocycles. The van der Waals surface area contributed by atoms with Crippen LogP contribution < -0.4 is 4.90 Å². The maximum absolute atomic E-state index is 6.21. The van der Waals surface area contributed by atoms with Gasteiger partial charge in [0.2, 0.25) is 0 Å². The van der Waals surface area contributed by atoms with E-state index in [-0.39, 0.29) is 0 Å². The topological polar surface area (TPSA) is 21.3 Å². The lowest BCUT2D eigenvalue weighted by Gasteiger charge is -2.26. The largest absolute Gasteiger partial charge is 0.456 e. The van der Waals surface area contributed by atoms with Crippen LogP contribution in [0.15, 0.2) is 211 Å². The Bertz CT molecular complexity index is 3130. The fraction of sp³-hybridized carbons (Fsp3) is 0. The first-order valence-electron chi connectivity index (χ1n) is 18.8. The molecular weight excluding hydrogens is 669 g/mol. The fourth-order valence-electron chi connectivity index (χ4n) is 8.37. The van der Waals surface area contributed by atoms with Crippen molar-refractivity contribution >= 4 is 71.6 Å². The van der Waals surface area contributed by atoms with E-state index in [0.29, 0.717) is 0 Å². The smallest absolute Gasteiger partial charge is 0.136 e. The standard InChI is InChI=1S/C52H34N2O/c1-2-11-39-34-43(33-24-35(39)10-1)53(41-31-25-38(26-32-41)44-15-9-19-51-52(44)47-14-5-8-18-50(47)55-51)40-27-20-36(21-28-40)37-22-29-42(30-23-37)54-48-16-6-3-12-45(48)46-13-4-7-17-49(46)54/h1-34H. The van der Waals surface area contributed by atoms with Gasteiger partial charge in [0.15, 0.2) is 0 Å². The summed E-state index contributed by atoms with van der Waals surface area (Å²) >= 11 is 0. The third-order valence-corrected chi connectivity index (χ3v) is 11.0. The van der Waals surface area contributed by atoms with Crippen LogP contribution in [0.3, 0.4) is 0 Å². The molecule has 0 saturated carbocycles. The van der Waals surface area contributed by atoms with E-state index in [1.807, 2.05) is 12.1 Å². The van der Waals surface area contributed by atoms with E-state index < -0.39 is 0 Å². The minimum Gasteiger partial charge on any atom is -0.456 e. The average molecular weight is 703 g/mol. The van der Waals surface area contributed by atoms with Crippen LogP contribution >= 0.6 is 0 Å². The molecule has 11 aromatic rings. The van der Waals surface area contributed by atoms with Crippen LogP contribution in [0.25, 0.3) is 82.5 Å². The molecule has 0 aliphatic carbocycles. The lowest BCUT2D eigenvalue weighted by Crippen LogP contribution is -2.09. The molecule has 0 amide bonds. The first-order chi connectivity index (χ1) is 27.3. The van der Waals surface area contributed by atoms with Crippen molar-refractivity contribution in [3.8, 4) is 27.9 Å². The molecule has 11 rings (SSSR count). The molecule has 0 aliphatic rings.